The zero-order chi connectivity index (χ0) is 14.8. The molecule has 0 fully saturated rings. The van der Waals surface area contributed by atoms with Gasteiger partial charge in [-0.1, -0.05) is 17.3 Å². The van der Waals surface area contributed by atoms with Crippen molar-refractivity contribution in [1.82, 2.24) is 15.0 Å². The van der Waals surface area contributed by atoms with Gasteiger partial charge in [0.05, 0.1) is 17.4 Å². The number of para-hydroxylation sites is 1. The van der Waals surface area contributed by atoms with Gasteiger partial charge in [-0.15, -0.1) is 5.10 Å². The summed E-state index contributed by atoms with van der Waals surface area (Å²) in [5.74, 6) is -0.542. The van der Waals surface area contributed by atoms with Crippen molar-refractivity contribution in [2.75, 3.05) is 11.1 Å². The van der Waals surface area contributed by atoms with Crippen molar-refractivity contribution in [3.05, 3.63) is 36.0 Å². The zero-order valence-corrected chi connectivity index (χ0v) is 10.1. The number of aromatic nitrogens is 3. The normalized spacial score (nSPS) is 11.3. The second-order valence-corrected chi connectivity index (χ2v) is 3.93. The van der Waals surface area contributed by atoms with Crippen molar-refractivity contribution in [3.63, 3.8) is 0 Å². The molecular weight excluding hydrogens is 275 g/mol. The molecule has 2 aromatic rings. The SMILES string of the molecule is Nc1cn(CC(=O)Nc2ccccc2C(F)(F)F)nn1. The van der Waals surface area contributed by atoms with Crippen LogP contribution in [-0.2, 0) is 17.5 Å². The highest BCUT2D eigenvalue weighted by atomic mass is 19.4. The van der Waals surface area contributed by atoms with Gasteiger partial charge in [0.2, 0.25) is 5.91 Å². The minimum atomic E-state index is -4.54. The van der Waals surface area contributed by atoms with Gasteiger partial charge in [-0.3, -0.25) is 4.79 Å². The van der Waals surface area contributed by atoms with Gasteiger partial charge in [0, 0.05) is 0 Å². The number of halogens is 3. The van der Waals surface area contributed by atoms with Crippen LogP contribution in [0.25, 0.3) is 0 Å². The van der Waals surface area contributed by atoms with E-state index in [1.165, 1.54) is 24.4 Å². The molecule has 3 N–H and O–H groups in total. The van der Waals surface area contributed by atoms with E-state index in [4.69, 9.17) is 5.73 Å². The number of alkyl halides is 3. The Morgan fingerprint density at radius 2 is 2.05 bits per heavy atom. The van der Waals surface area contributed by atoms with E-state index in [-0.39, 0.29) is 18.1 Å². The summed E-state index contributed by atoms with van der Waals surface area (Å²) in [5, 5.41) is 9.18. The molecular formula is C11H10F3N5O. The van der Waals surface area contributed by atoms with E-state index < -0.39 is 17.6 Å². The average Bonchev–Trinajstić information content (AvgIpc) is 2.73. The van der Waals surface area contributed by atoms with Crippen molar-refractivity contribution in [2.24, 2.45) is 0 Å². The molecule has 20 heavy (non-hydrogen) atoms. The number of amides is 1. The predicted molar refractivity (Wildman–Crippen MR) is 64.5 cm³/mol. The van der Waals surface area contributed by atoms with Gasteiger partial charge < -0.3 is 11.1 Å². The van der Waals surface area contributed by atoms with Crippen molar-refractivity contribution in [2.45, 2.75) is 12.7 Å². The largest absolute Gasteiger partial charge is 0.418 e. The van der Waals surface area contributed by atoms with Gasteiger partial charge in [-0.05, 0) is 12.1 Å². The van der Waals surface area contributed by atoms with Crippen LogP contribution in [0, 0.1) is 0 Å². The molecule has 1 aromatic carbocycles. The summed E-state index contributed by atoms with van der Waals surface area (Å²) in [5.41, 5.74) is 4.10. The highest BCUT2D eigenvalue weighted by Gasteiger charge is 2.33. The third-order valence-corrected chi connectivity index (χ3v) is 2.37. The molecule has 1 heterocycles. The molecule has 9 heteroatoms. The minimum absolute atomic E-state index is 0.119. The molecule has 6 nitrogen and oxygen atoms in total. The van der Waals surface area contributed by atoms with Crippen molar-refractivity contribution >= 4 is 17.4 Å². The molecule has 2 rings (SSSR count). The van der Waals surface area contributed by atoms with Gasteiger partial charge in [-0.25, -0.2) is 4.68 Å². The lowest BCUT2D eigenvalue weighted by Crippen LogP contribution is -2.21. The summed E-state index contributed by atoms with van der Waals surface area (Å²) in [4.78, 5) is 11.7. The minimum Gasteiger partial charge on any atom is -0.381 e. The fraction of sp³-hybridized carbons (Fsp3) is 0.182. The van der Waals surface area contributed by atoms with E-state index in [1.54, 1.807) is 0 Å². The Morgan fingerprint density at radius 1 is 1.35 bits per heavy atom. The maximum absolute atomic E-state index is 12.7. The second kappa shape index (κ2) is 5.19. The predicted octanol–water partition coefficient (Wildman–Crippen LogP) is 1.52. The molecule has 0 saturated heterocycles. The first kappa shape index (κ1) is 13.8. The average molecular weight is 285 g/mol. The van der Waals surface area contributed by atoms with Crippen LogP contribution < -0.4 is 11.1 Å². The van der Waals surface area contributed by atoms with Crippen LogP contribution in [0.2, 0.25) is 0 Å². The second-order valence-electron chi connectivity index (χ2n) is 3.93. The molecule has 0 saturated carbocycles. The quantitative estimate of drug-likeness (QED) is 0.895. The third-order valence-electron chi connectivity index (χ3n) is 2.37. The number of anilines is 2. The van der Waals surface area contributed by atoms with Crippen LogP contribution in [0.15, 0.2) is 30.5 Å². The first-order valence-corrected chi connectivity index (χ1v) is 5.48. The molecule has 0 radical (unpaired) electrons. The summed E-state index contributed by atoms with van der Waals surface area (Å²) in [6, 6.07) is 4.72. The number of hydrogen-bond acceptors (Lipinski definition) is 4. The number of hydrogen-bond donors (Lipinski definition) is 2. The Morgan fingerprint density at radius 3 is 2.65 bits per heavy atom. The van der Waals surface area contributed by atoms with Crippen LogP contribution in [0.3, 0.4) is 0 Å². The fourth-order valence-corrected chi connectivity index (χ4v) is 1.57. The molecule has 0 aliphatic heterocycles. The van der Waals surface area contributed by atoms with Crippen LogP contribution in [0.4, 0.5) is 24.7 Å². The van der Waals surface area contributed by atoms with Gasteiger partial charge >= 0.3 is 6.18 Å². The molecule has 0 bridgehead atoms. The highest BCUT2D eigenvalue weighted by Crippen LogP contribution is 2.34. The standard InChI is InChI=1S/C11H10F3N5O/c12-11(13,14)7-3-1-2-4-8(7)16-10(20)6-19-5-9(15)17-18-19/h1-5H,6,15H2,(H,16,20). The number of nitrogens with zero attached hydrogens (tertiary/aromatic N) is 3. The lowest BCUT2D eigenvalue weighted by atomic mass is 10.1. The van der Waals surface area contributed by atoms with Gasteiger partial charge in [0.25, 0.3) is 0 Å². The van der Waals surface area contributed by atoms with E-state index >= 15 is 0 Å². The first-order valence-electron chi connectivity index (χ1n) is 5.48. The van der Waals surface area contributed by atoms with Crippen molar-refractivity contribution in [1.29, 1.82) is 0 Å². The molecule has 0 atom stereocenters. The maximum Gasteiger partial charge on any atom is 0.418 e. The molecule has 1 amide bonds. The molecule has 0 unspecified atom stereocenters. The van der Waals surface area contributed by atoms with Crippen LogP contribution >= 0.6 is 0 Å². The smallest absolute Gasteiger partial charge is 0.381 e. The fourth-order valence-electron chi connectivity index (χ4n) is 1.57. The van der Waals surface area contributed by atoms with Crippen LogP contribution in [-0.4, -0.2) is 20.9 Å². The number of carbonyl (C=O) groups excluding carboxylic acids is 1. The van der Waals surface area contributed by atoms with Crippen LogP contribution in [0.5, 0.6) is 0 Å². The number of carbonyl (C=O) groups is 1. The Balaban J connectivity index is 2.12. The number of nitrogens with two attached hydrogens (primary N) is 1. The number of nitrogens with one attached hydrogen (secondary N) is 1. The Kier molecular flexibility index (Phi) is 3.59. The van der Waals surface area contributed by atoms with E-state index in [1.807, 2.05) is 0 Å². The lowest BCUT2D eigenvalue weighted by molar-refractivity contribution is -0.137. The number of benzene rings is 1. The Hall–Kier alpha value is -2.58. The summed E-state index contributed by atoms with van der Waals surface area (Å²) >= 11 is 0. The van der Waals surface area contributed by atoms with E-state index in [2.05, 4.69) is 15.6 Å². The summed E-state index contributed by atoms with van der Waals surface area (Å²) in [6.45, 7) is -0.281. The van der Waals surface area contributed by atoms with Crippen molar-refractivity contribution < 1.29 is 18.0 Å². The Labute approximate surface area is 111 Å². The van der Waals surface area contributed by atoms with Gasteiger partial charge in [-0.2, -0.15) is 13.2 Å². The van der Waals surface area contributed by atoms with E-state index in [0.717, 1.165) is 10.7 Å². The molecule has 0 aliphatic carbocycles. The summed E-state index contributed by atoms with van der Waals surface area (Å²) < 4.78 is 39.3. The summed E-state index contributed by atoms with van der Waals surface area (Å²) in [7, 11) is 0. The van der Waals surface area contributed by atoms with E-state index in [0.29, 0.717) is 0 Å². The highest BCUT2D eigenvalue weighted by molar-refractivity contribution is 5.91. The molecule has 0 aliphatic rings. The first-order chi connectivity index (χ1) is 9.36. The number of nitrogen functional groups attached to an aromatic ring is 1. The summed E-state index contributed by atoms with van der Waals surface area (Å²) in [6.07, 6.45) is -3.24. The van der Waals surface area contributed by atoms with E-state index in [9.17, 15) is 18.0 Å². The van der Waals surface area contributed by atoms with Crippen LogP contribution in [0.1, 0.15) is 5.56 Å². The topological polar surface area (TPSA) is 85.8 Å². The molecule has 106 valence electrons. The zero-order valence-electron chi connectivity index (χ0n) is 10.1. The Bertz CT molecular complexity index is 623. The molecule has 1 aromatic heterocycles. The third kappa shape index (κ3) is 3.25. The monoisotopic (exact) mass is 285 g/mol. The van der Waals surface area contributed by atoms with Crippen molar-refractivity contribution in [3.8, 4) is 0 Å². The van der Waals surface area contributed by atoms with Gasteiger partial charge in [0.1, 0.15) is 6.54 Å². The van der Waals surface area contributed by atoms with Gasteiger partial charge in [0.15, 0.2) is 5.82 Å². The maximum atomic E-state index is 12.7. The lowest BCUT2D eigenvalue weighted by Gasteiger charge is -2.13. The molecule has 0 spiro atoms. The number of rotatable bonds is 3.